The zero-order chi connectivity index (χ0) is 13.6. The van der Waals surface area contributed by atoms with Gasteiger partial charge in [-0.05, 0) is 37.6 Å². The van der Waals surface area contributed by atoms with Crippen molar-refractivity contribution >= 4 is 17.5 Å². The first kappa shape index (κ1) is 12.4. The van der Waals surface area contributed by atoms with Gasteiger partial charge >= 0.3 is 0 Å². The van der Waals surface area contributed by atoms with Gasteiger partial charge in [-0.3, -0.25) is 14.5 Å². The standard InChI is InChI=1S/C15H18N2O2/c1-3-16-9(2)10-4-6-11(7-5-10)17-14(18)12-8-13(12)15(17)19/h4-7,9,12-13,16H,3,8H2,1-2H3. The second-order valence-corrected chi connectivity index (χ2v) is 5.33. The van der Waals surface area contributed by atoms with E-state index < -0.39 is 0 Å². The van der Waals surface area contributed by atoms with Crippen LogP contribution in [0.3, 0.4) is 0 Å². The SMILES string of the molecule is CCNC(C)c1ccc(N2C(=O)C3CC3C2=O)cc1. The number of hydrogen-bond acceptors (Lipinski definition) is 3. The number of carbonyl (C=O) groups is 2. The van der Waals surface area contributed by atoms with E-state index in [1.54, 1.807) is 0 Å². The number of fused-ring (bicyclic) bond motifs is 1. The molecule has 1 heterocycles. The lowest BCUT2D eigenvalue weighted by atomic mass is 10.1. The number of piperidine rings is 1. The van der Waals surface area contributed by atoms with Gasteiger partial charge in [0.05, 0.1) is 17.5 Å². The summed E-state index contributed by atoms with van der Waals surface area (Å²) < 4.78 is 0. The minimum atomic E-state index is -0.0344. The number of carbonyl (C=O) groups excluding carboxylic acids is 2. The first-order valence-electron chi connectivity index (χ1n) is 6.84. The van der Waals surface area contributed by atoms with E-state index in [-0.39, 0.29) is 29.7 Å². The zero-order valence-corrected chi connectivity index (χ0v) is 11.2. The molecule has 1 saturated carbocycles. The Balaban J connectivity index is 1.79. The van der Waals surface area contributed by atoms with Gasteiger partial charge in [0, 0.05) is 6.04 Å². The number of hydrogen-bond donors (Lipinski definition) is 1. The molecule has 0 bridgehead atoms. The highest BCUT2D eigenvalue weighted by Crippen LogP contribution is 2.48. The van der Waals surface area contributed by atoms with Gasteiger partial charge in [-0.1, -0.05) is 19.1 Å². The second-order valence-electron chi connectivity index (χ2n) is 5.33. The highest BCUT2D eigenvalue weighted by atomic mass is 16.2. The van der Waals surface area contributed by atoms with E-state index in [4.69, 9.17) is 0 Å². The lowest BCUT2D eigenvalue weighted by Gasteiger charge is -2.18. The Kier molecular flexibility index (Phi) is 2.90. The van der Waals surface area contributed by atoms with Crippen LogP contribution < -0.4 is 10.2 Å². The summed E-state index contributed by atoms with van der Waals surface area (Å²) in [4.78, 5) is 25.3. The van der Waals surface area contributed by atoms with Crippen molar-refractivity contribution in [3.8, 4) is 0 Å². The number of benzene rings is 1. The molecule has 1 saturated heterocycles. The third-order valence-corrected chi connectivity index (χ3v) is 4.03. The summed E-state index contributed by atoms with van der Waals surface area (Å²) in [5, 5.41) is 3.33. The molecule has 1 aromatic rings. The molecule has 1 aliphatic carbocycles. The van der Waals surface area contributed by atoms with Gasteiger partial charge in [0.2, 0.25) is 11.8 Å². The Morgan fingerprint density at radius 1 is 1.21 bits per heavy atom. The molecule has 3 atom stereocenters. The van der Waals surface area contributed by atoms with Crippen LogP contribution in [0.5, 0.6) is 0 Å². The molecular formula is C15H18N2O2. The van der Waals surface area contributed by atoms with E-state index in [0.717, 1.165) is 18.5 Å². The molecule has 3 unspecified atom stereocenters. The number of rotatable bonds is 4. The van der Waals surface area contributed by atoms with Crippen LogP contribution in [-0.2, 0) is 9.59 Å². The zero-order valence-electron chi connectivity index (χ0n) is 11.2. The Morgan fingerprint density at radius 2 is 1.79 bits per heavy atom. The van der Waals surface area contributed by atoms with Crippen LogP contribution in [0.2, 0.25) is 0 Å². The molecule has 19 heavy (non-hydrogen) atoms. The van der Waals surface area contributed by atoms with E-state index in [1.165, 1.54) is 4.90 Å². The fraction of sp³-hybridized carbons (Fsp3) is 0.467. The smallest absolute Gasteiger partial charge is 0.237 e. The molecule has 2 fully saturated rings. The van der Waals surface area contributed by atoms with E-state index in [9.17, 15) is 9.59 Å². The Bertz CT molecular complexity index is 503. The molecule has 0 radical (unpaired) electrons. The maximum absolute atomic E-state index is 12.0. The van der Waals surface area contributed by atoms with Crippen molar-refractivity contribution in [2.24, 2.45) is 11.8 Å². The molecule has 0 aromatic heterocycles. The largest absolute Gasteiger partial charge is 0.310 e. The molecule has 0 spiro atoms. The number of nitrogens with zero attached hydrogens (tertiary/aromatic N) is 1. The predicted octanol–water partition coefficient (Wildman–Crippen LogP) is 1.87. The molecule has 4 heteroatoms. The molecule has 1 N–H and O–H groups in total. The summed E-state index contributed by atoms with van der Waals surface area (Å²) in [6, 6.07) is 7.96. The summed E-state index contributed by atoms with van der Waals surface area (Å²) in [5.41, 5.74) is 1.87. The number of nitrogens with one attached hydrogen (secondary N) is 1. The third-order valence-electron chi connectivity index (χ3n) is 4.03. The molecule has 1 aliphatic heterocycles. The van der Waals surface area contributed by atoms with Gasteiger partial charge in [-0.15, -0.1) is 0 Å². The van der Waals surface area contributed by atoms with E-state index in [1.807, 2.05) is 24.3 Å². The van der Waals surface area contributed by atoms with Crippen LogP contribution in [0, 0.1) is 11.8 Å². The van der Waals surface area contributed by atoms with E-state index in [2.05, 4.69) is 19.2 Å². The average Bonchev–Trinajstić information content (AvgIpc) is 3.15. The van der Waals surface area contributed by atoms with Crippen LogP contribution in [0.25, 0.3) is 0 Å². The van der Waals surface area contributed by atoms with Crippen LogP contribution in [0.1, 0.15) is 31.9 Å². The molecule has 2 aliphatic rings. The Morgan fingerprint density at radius 3 is 2.32 bits per heavy atom. The van der Waals surface area contributed by atoms with Gasteiger partial charge in [0.25, 0.3) is 0 Å². The van der Waals surface area contributed by atoms with E-state index in [0.29, 0.717) is 5.69 Å². The summed E-state index contributed by atoms with van der Waals surface area (Å²) in [5.74, 6) is -0.120. The Hall–Kier alpha value is -1.68. The molecule has 4 nitrogen and oxygen atoms in total. The summed E-state index contributed by atoms with van der Waals surface area (Å²) in [6.45, 7) is 5.08. The quantitative estimate of drug-likeness (QED) is 0.839. The minimum absolute atomic E-state index is 0.0255. The van der Waals surface area contributed by atoms with Crippen LogP contribution in [0.4, 0.5) is 5.69 Å². The number of amides is 2. The van der Waals surface area contributed by atoms with Crippen LogP contribution in [0.15, 0.2) is 24.3 Å². The fourth-order valence-corrected chi connectivity index (χ4v) is 2.77. The fourth-order valence-electron chi connectivity index (χ4n) is 2.77. The highest BCUT2D eigenvalue weighted by molar-refractivity contribution is 6.24. The molecule has 100 valence electrons. The van der Waals surface area contributed by atoms with Crippen molar-refractivity contribution in [1.29, 1.82) is 0 Å². The third kappa shape index (κ3) is 1.96. The van der Waals surface area contributed by atoms with Crippen LogP contribution >= 0.6 is 0 Å². The van der Waals surface area contributed by atoms with Crippen molar-refractivity contribution in [1.82, 2.24) is 5.32 Å². The monoisotopic (exact) mass is 258 g/mol. The summed E-state index contributed by atoms with van der Waals surface area (Å²) >= 11 is 0. The molecule has 2 amide bonds. The number of anilines is 1. The maximum Gasteiger partial charge on any atom is 0.237 e. The lowest BCUT2D eigenvalue weighted by Crippen LogP contribution is -2.32. The van der Waals surface area contributed by atoms with Crippen molar-refractivity contribution in [3.63, 3.8) is 0 Å². The molecule has 1 aromatic carbocycles. The normalized spacial score (nSPS) is 26.5. The predicted molar refractivity (Wildman–Crippen MR) is 72.6 cm³/mol. The van der Waals surface area contributed by atoms with E-state index >= 15 is 0 Å². The van der Waals surface area contributed by atoms with Gasteiger partial charge < -0.3 is 5.32 Å². The summed E-state index contributed by atoms with van der Waals surface area (Å²) in [6.07, 6.45) is 0.754. The van der Waals surface area contributed by atoms with Crippen molar-refractivity contribution < 1.29 is 9.59 Å². The van der Waals surface area contributed by atoms with Crippen molar-refractivity contribution in [2.75, 3.05) is 11.4 Å². The minimum Gasteiger partial charge on any atom is -0.310 e. The topological polar surface area (TPSA) is 49.4 Å². The maximum atomic E-state index is 12.0. The van der Waals surface area contributed by atoms with Crippen molar-refractivity contribution in [2.45, 2.75) is 26.3 Å². The first-order chi connectivity index (χ1) is 9.13. The van der Waals surface area contributed by atoms with Crippen LogP contribution in [-0.4, -0.2) is 18.4 Å². The lowest BCUT2D eigenvalue weighted by molar-refractivity contribution is -0.123. The van der Waals surface area contributed by atoms with Gasteiger partial charge in [-0.25, -0.2) is 0 Å². The molecular weight excluding hydrogens is 240 g/mol. The van der Waals surface area contributed by atoms with Crippen molar-refractivity contribution in [3.05, 3.63) is 29.8 Å². The highest BCUT2D eigenvalue weighted by Gasteiger charge is 2.59. The van der Waals surface area contributed by atoms with Gasteiger partial charge in [0.15, 0.2) is 0 Å². The second kappa shape index (κ2) is 4.46. The number of imide groups is 1. The first-order valence-corrected chi connectivity index (χ1v) is 6.84. The Labute approximate surface area is 112 Å². The average molecular weight is 258 g/mol. The molecule has 3 rings (SSSR count). The van der Waals surface area contributed by atoms with Gasteiger partial charge in [-0.2, -0.15) is 0 Å². The van der Waals surface area contributed by atoms with Gasteiger partial charge in [0.1, 0.15) is 0 Å². The summed E-state index contributed by atoms with van der Waals surface area (Å²) in [7, 11) is 0.